The number of nitrogens with one attached hydrogen (secondary N) is 1. The zero-order valence-corrected chi connectivity index (χ0v) is 18.1. The topological polar surface area (TPSA) is 98.1 Å². The molecule has 0 spiro atoms. The molecule has 0 bridgehead atoms. The van der Waals surface area contributed by atoms with Crippen LogP contribution in [0.15, 0.2) is 24.4 Å². The molecule has 156 valence electrons. The van der Waals surface area contributed by atoms with Crippen LogP contribution in [-0.2, 0) is 10.0 Å². The van der Waals surface area contributed by atoms with Crippen molar-refractivity contribution in [3.63, 3.8) is 0 Å². The maximum Gasteiger partial charge on any atom is 0.214 e. The number of imidazole rings is 1. The molecule has 1 aromatic carbocycles. The second kappa shape index (κ2) is 7.81. The summed E-state index contributed by atoms with van der Waals surface area (Å²) in [6, 6.07) is 5.88. The maximum atomic E-state index is 11.6. The van der Waals surface area contributed by atoms with E-state index in [1.807, 2.05) is 24.4 Å². The number of fused-ring (bicyclic) bond motifs is 1. The largest absolute Gasteiger partial charge is 0.493 e. The van der Waals surface area contributed by atoms with Gasteiger partial charge in [0.05, 0.1) is 32.4 Å². The van der Waals surface area contributed by atoms with E-state index < -0.39 is 10.0 Å². The van der Waals surface area contributed by atoms with Gasteiger partial charge in [-0.3, -0.25) is 0 Å². The standard InChI is InChI=1S/C18H23N5O4S2/c1-26-15-5-4-12(10-16(15)27-2)14-11-23-18(20-14)28-17(21-23)19-13-6-8-22(9-7-13)29(3,24)25/h4-5,10-11,13H,6-9H2,1-3H3,(H,19,21). The number of piperidine rings is 1. The Balaban J connectivity index is 1.46. The summed E-state index contributed by atoms with van der Waals surface area (Å²) in [7, 11) is 0.0964. The fraction of sp³-hybridized carbons (Fsp3) is 0.444. The van der Waals surface area contributed by atoms with E-state index in [9.17, 15) is 8.42 Å². The lowest BCUT2D eigenvalue weighted by Gasteiger charge is -2.30. The van der Waals surface area contributed by atoms with Gasteiger partial charge in [-0.05, 0) is 31.0 Å². The molecule has 1 aliphatic heterocycles. The minimum Gasteiger partial charge on any atom is -0.493 e. The van der Waals surface area contributed by atoms with Gasteiger partial charge in [-0.1, -0.05) is 11.3 Å². The molecule has 0 radical (unpaired) electrons. The Bertz CT molecular complexity index is 1090. The first kappa shape index (κ1) is 19.9. The fourth-order valence-electron chi connectivity index (χ4n) is 3.40. The van der Waals surface area contributed by atoms with Crippen LogP contribution < -0.4 is 14.8 Å². The fourth-order valence-corrected chi connectivity index (χ4v) is 5.13. The average Bonchev–Trinajstić information content (AvgIpc) is 3.25. The number of nitrogens with zero attached hydrogens (tertiary/aromatic N) is 4. The first-order valence-corrected chi connectivity index (χ1v) is 11.8. The Labute approximate surface area is 173 Å². The number of anilines is 1. The van der Waals surface area contributed by atoms with E-state index in [1.165, 1.54) is 21.9 Å². The summed E-state index contributed by atoms with van der Waals surface area (Å²) >= 11 is 1.47. The van der Waals surface area contributed by atoms with Gasteiger partial charge in [0.15, 0.2) is 11.5 Å². The van der Waals surface area contributed by atoms with Gasteiger partial charge in [0, 0.05) is 24.7 Å². The molecule has 1 aliphatic rings. The first-order valence-electron chi connectivity index (χ1n) is 9.17. The van der Waals surface area contributed by atoms with Crippen LogP contribution in [-0.4, -0.2) is 66.9 Å². The zero-order chi connectivity index (χ0) is 20.6. The molecule has 1 saturated heterocycles. The monoisotopic (exact) mass is 437 g/mol. The molecule has 9 nitrogen and oxygen atoms in total. The number of benzene rings is 1. The van der Waals surface area contributed by atoms with E-state index in [0.717, 1.165) is 34.2 Å². The molecule has 11 heteroatoms. The van der Waals surface area contributed by atoms with Gasteiger partial charge in [0.2, 0.25) is 20.1 Å². The maximum absolute atomic E-state index is 11.6. The molecule has 1 N–H and O–H groups in total. The van der Waals surface area contributed by atoms with E-state index in [1.54, 1.807) is 18.7 Å². The van der Waals surface area contributed by atoms with Crippen LogP contribution in [0.1, 0.15) is 12.8 Å². The lowest BCUT2D eigenvalue weighted by molar-refractivity contribution is 0.332. The Morgan fingerprint density at radius 1 is 1.17 bits per heavy atom. The first-order chi connectivity index (χ1) is 13.9. The van der Waals surface area contributed by atoms with Crippen LogP contribution in [0.4, 0.5) is 5.13 Å². The van der Waals surface area contributed by atoms with Crippen molar-refractivity contribution in [2.24, 2.45) is 0 Å². The second-order valence-electron chi connectivity index (χ2n) is 6.91. The molecule has 3 aromatic rings. The van der Waals surface area contributed by atoms with Gasteiger partial charge in [-0.2, -0.15) is 0 Å². The van der Waals surface area contributed by atoms with Crippen molar-refractivity contribution in [2.45, 2.75) is 18.9 Å². The lowest BCUT2D eigenvalue weighted by Crippen LogP contribution is -2.41. The molecule has 4 rings (SSSR count). The van der Waals surface area contributed by atoms with Crippen molar-refractivity contribution < 1.29 is 17.9 Å². The van der Waals surface area contributed by atoms with E-state index in [4.69, 9.17) is 9.47 Å². The molecular formula is C18H23N5O4S2. The van der Waals surface area contributed by atoms with Crippen molar-refractivity contribution in [1.29, 1.82) is 0 Å². The summed E-state index contributed by atoms with van der Waals surface area (Å²) in [5, 5.41) is 8.76. The highest BCUT2D eigenvalue weighted by molar-refractivity contribution is 7.88. The highest BCUT2D eigenvalue weighted by atomic mass is 32.2. The molecule has 29 heavy (non-hydrogen) atoms. The van der Waals surface area contributed by atoms with Gasteiger partial charge in [0.25, 0.3) is 0 Å². The number of rotatable bonds is 6. The molecule has 0 unspecified atom stereocenters. The third-order valence-corrected chi connectivity index (χ3v) is 7.13. The van der Waals surface area contributed by atoms with Crippen LogP contribution in [0.25, 0.3) is 16.2 Å². The Morgan fingerprint density at radius 2 is 1.90 bits per heavy atom. The number of sulfonamides is 1. The minimum absolute atomic E-state index is 0.203. The third-order valence-electron chi connectivity index (χ3n) is 4.97. The van der Waals surface area contributed by atoms with Crippen LogP contribution in [0.2, 0.25) is 0 Å². The summed E-state index contributed by atoms with van der Waals surface area (Å²) in [6.45, 7) is 1.06. The molecule has 2 aromatic heterocycles. The lowest BCUT2D eigenvalue weighted by atomic mass is 10.1. The van der Waals surface area contributed by atoms with Crippen molar-refractivity contribution >= 4 is 31.5 Å². The molecule has 1 fully saturated rings. The van der Waals surface area contributed by atoms with E-state index >= 15 is 0 Å². The van der Waals surface area contributed by atoms with Crippen molar-refractivity contribution in [3.05, 3.63) is 24.4 Å². The molecule has 0 atom stereocenters. The summed E-state index contributed by atoms with van der Waals surface area (Å²) in [5.41, 5.74) is 1.72. The Kier molecular flexibility index (Phi) is 5.36. The van der Waals surface area contributed by atoms with E-state index in [-0.39, 0.29) is 6.04 Å². The van der Waals surface area contributed by atoms with Crippen LogP contribution in [0.3, 0.4) is 0 Å². The van der Waals surface area contributed by atoms with Crippen LogP contribution >= 0.6 is 11.3 Å². The molecule has 0 saturated carbocycles. The van der Waals surface area contributed by atoms with Gasteiger partial charge >= 0.3 is 0 Å². The predicted octanol–water partition coefficient (Wildman–Crippen LogP) is 2.31. The van der Waals surface area contributed by atoms with Crippen molar-refractivity contribution in [2.75, 3.05) is 38.9 Å². The number of aromatic nitrogens is 3. The molecular weight excluding hydrogens is 414 g/mol. The SMILES string of the molecule is COc1ccc(-c2cn3nc(NC4CCN(S(C)(=O)=O)CC4)sc3n2)cc1OC. The number of hydrogen-bond donors (Lipinski definition) is 1. The third kappa shape index (κ3) is 4.16. The number of methoxy groups -OCH3 is 2. The van der Waals surface area contributed by atoms with E-state index in [2.05, 4.69) is 15.4 Å². The summed E-state index contributed by atoms with van der Waals surface area (Å²) in [6.07, 6.45) is 4.65. The average molecular weight is 438 g/mol. The number of ether oxygens (including phenoxy) is 2. The van der Waals surface area contributed by atoms with Crippen molar-refractivity contribution in [3.8, 4) is 22.8 Å². The normalized spacial score (nSPS) is 16.2. The smallest absolute Gasteiger partial charge is 0.214 e. The highest BCUT2D eigenvalue weighted by Crippen LogP contribution is 2.33. The second-order valence-corrected chi connectivity index (χ2v) is 9.85. The minimum atomic E-state index is -3.11. The zero-order valence-electron chi connectivity index (χ0n) is 16.5. The Hall–Kier alpha value is -2.37. The molecule has 0 aliphatic carbocycles. The van der Waals surface area contributed by atoms with Crippen molar-refractivity contribution in [1.82, 2.24) is 18.9 Å². The number of hydrogen-bond acceptors (Lipinski definition) is 8. The Morgan fingerprint density at radius 3 is 2.52 bits per heavy atom. The van der Waals surface area contributed by atoms with E-state index in [0.29, 0.717) is 24.6 Å². The predicted molar refractivity (Wildman–Crippen MR) is 112 cm³/mol. The summed E-state index contributed by atoms with van der Waals surface area (Å²) in [4.78, 5) is 5.45. The van der Waals surface area contributed by atoms with Gasteiger partial charge in [0.1, 0.15) is 0 Å². The quantitative estimate of drug-likeness (QED) is 0.632. The van der Waals surface area contributed by atoms with Gasteiger partial charge in [-0.25, -0.2) is 22.2 Å². The summed E-state index contributed by atoms with van der Waals surface area (Å²) in [5.74, 6) is 1.32. The van der Waals surface area contributed by atoms with Crippen LogP contribution in [0.5, 0.6) is 11.5 Å². The molecule has 3 heterocycles. The van der Waals surface area contributed by atoms with Crippen LogP contribution in [0, 0.1) is 0 Å². The summed E-state index contributed by atoms with van der Waals surface area (Å²) < 4.78 is 37.2. The molecule has 0 amide bonds. The van der Waals surface area contributed by atoms with Gasteiger partial charge < -0.3 is 14.8 Å². The van der Waals surface area contributed by atoms with Gasteiger partial charge in [-0.15, -0.1) is 5.10 Å². The highest BCUT2D eigenvalue weighted by Gasteiger charge is 2.25.